The first-order valence-corrected chi connectivity index (χ1v) is 6.48. The van der Waals surface area contributed by atoms with Crippen molar-refractivity contribution in [1.82, 2.24) is 4.90 Å². The highest BCUT2D eigenvalue weighted by Gasteiger charge is 2.18. The van der Waals surface area contributed by atoms with Crippen molar-refractivity contribution in [2.75, 3.05) is 25.0 Å². The van der Waals surface area contributed by atoms with Crippen LogP contribution in [0.4, 0.5) is 5.69 Å². The van der Waals surface area contributed by atoms with Gasteiger partial charge in [-0.05, 0) is 31.9 Å². The van der Waals surface area contributed by atoms with Gasteiger partial charge in [-0.1, -0.05) is 17.7 Å². The summed E-state index contributed by atoms with van der Waals surface area (Å²) in [5.74, 6) is 0.0503. The molecule has 18 heavy (non-hydrogen) atoms. The fourth-order valence-corrected chi connectivity index (χ4v) is 2.15. The topological polar surface area (TPSA) is 58.4 Å². The van der Waals surface area contributed by atoms with Gasteiger partial charge in [-0.25, -0.2) is 0 Å². The maximum Gasteiger partial charge on any atom is 0.238 e. The van der Waals surface area contributed by atoms with E-state index in [2.05, 4.69) is 10.2 Å². The maximum atomic E-state index is 11.9. The molecule has 0 radical (unpaired) electrons. The van der Waals surface area contributed by atoms with Crippen LogP contribution in [-0.4, -0.2) is 36.5 Å². The number of carbonyl (C=O) groups is 1. The predicted octanol–water partition coefficient (Wildman–Crippen LogP) is 1.36. The Kier molecular flexibility index (Phi) is 4.33. The van der Waals surface area contributed by atoms with E-state index in [-0.39, 0.29) is 5.91 Å². The summed E-state index contributed by atoms with van der Waals surface area (Å²) in [5, 5.41) is 2.92. The van der Waals surface area contributed by atoms with Crippen LogP contribution >= 0.6 is 0 Å². The van der Waals surface area contributed by atoms with Gasteiger partial charge in [0.15, 0.2) is 0 Å². The number of benzene rings is 1. The van der Waals surface area contributed by atoms with Crippen LogP contribution in [0, 0.1) is 6.92 Å². The number of hydrogen-bond donors (Lipinski definition) is 2. The van der Waals surface area contributed by atoms with E-state index in [4.69, 9.17) is 5.73 Å². The molecule has 98 valence electrons. The number of likely N-dealkylation sites (tertiary alicyclic amines) is 1. The highest BCUT2D eigenvalue weighted by molar-refractivity contribution is 5.92. The van der Waals surface area contributed by atoms with Crippen molar-refractivity contribution < 1.29 is 4.79 Å². The second-order valence-electron chi connectivity index (χ2n) is 5.03. The molecule has 4 nitrogen and oxygen atoms in total. The first kappa shape index (κ1) is 13.1. The third-order valence-electron chi connectivity index (χ3n) is 3.33. The van der Waals surface area contributed by atoms with E-state index in [1.165, 1.54) is 5.56 Å². The Morgan fingerprint density at radius 1 is 1.33 bits per heavy atom. The first-order valence-electron chi connectivity index (χ1n) is 6.48. The molecular weight excluding hydrogens is 226 g/mol. The molecular formula is C14H21N3O. The summed E-state index contributed by atoms with van der Waals surface area (Å²) < 4.78 is 0. The fourth-order valence-electron chi connectivity index (χ4n) is 2.15. The van der Waals surface area contributed by atoms with Gasteiger partial charge < -0.3 is 11.1 Å². The van der Waals surface area contributed by atoms with E-state index < -0.39 is 0 Å². The van der Waals surface area contributed by atoms with Crippen LogP contribution in [0.3, 0.4) is 0 Å². The van der Waals surface area contributed by atoms with Crippen LogP contribution in [0.1, 0.15) is 18.4 Å². The van der Waals surface area contributed by atoms with Crippen molar-refractivity contribution in [2.24, 2.45) is 5.73 Å². The van der Waals surface area contributed by atoms with E-state index in [1.54, 1.807) is 0 Å². The highest BCUT2D eigenvalue weighted by atomic mass is 16.2. The molecule has 1 saturated heterocycles. The Hall–Kier alpha value is -1.39. The van der Waals surface area contributed by atoms with Crippen LogP contribution in [-0.2, 0) is 4.79 Å². The molecule has 0 aromatic heterocycles. The van der Waals surface area contributed by atoms with Crippen molar-refractivity contribution in [3.05, 3.63) is 29.8 Å². The minimum Gasteiger partial charge on any atom is -0.328 e. The van der Waals surface area contributed by atoms with Gasteiger partial charge in [0.2, 0.25) is 5.91 Å². The van der Waals surface area contributed by atoms with Crippen LogP contribution in [0.25, 0.3) is 0 Å². The normalized spacial score (nSPS) is 17.7. The number of nitrogens with two attached hydrogens (primary N) is 1. The number of rotatable bonds is 3. The third kappa shape index (κ3) is 3.82. The smallest absolute Gasteiger partial charge is 0.238 e. The zero-order valence-electron chi connectivity index (χ0n) is 10.9. The summed E-state index contributed by atoms with van der Waals surface area (Å²) in [4.78, 5) is 14.0. The number of aryl methyl sites for hydroxylation is 1. The lowest BCUT2D eigenvalue weighted by molar-refractivity contribution is -0.117. The third-order valence-corrected chi connectivity index (χ3v) is 3.33. The van der Waals surface area contributed by atoms with E-state index in [9.17, 15) is 4.79 Å². The molecule has 0 unspecified atom stereocenters. The largest absolute Gasteiger partial charge is 0.328 e. The average molecular weight is 247 g/mol. The molecule has 1 heterocycles. The minimum atomic E-state index is 0.0503. The first-order chi connectivity index (χ1) is 8.63. The van der Waals surface area contributed by atoms with Gasteiger partial charge in [0.25, 0.3) is 0 Å². The zero-order valence-corrected chi connectivity index (χ0v) is 10.9. The van der Waals surface area contributed by atoms with E-state index >= 15 is 0 Å². The average Bonchev–Trinajstić information content (AvgIpc) is 2.35. The Labute approximate surface area is 108 Å². The van der Waals surface area contributed by atoms with E-state index in [0.29, 0.717) is 12.6 Å². The predicted molar refractivity (Wildman–Crippen MR) is 73.5 cm³/mol. The molecule has 1 aliphatic heterocycles. The van der Waals surface area contributed by atoms with Crippen molar-refractivity contribution in [1.29, 1.82) is 0 Å². The van der Waals surface area contributed by atoms with Crippen molar-refractivity contribution in [3.8, 4) is 0 Å². The zero-order chi connectivity index (χ0) is 13.0. The standard InChI is InChI=1S/C14H21N3O/c1-11-2-4-13(5-3-11)16-14(18)10-17-8-6-12(15)7-9-17/h2-5,12H,6-10,15H2,1H3,(H,16,18). The molecule has 1 aliphatic rings. The molecule has 4 heteroatoms. The number of piperidine rings is 1. The van der Waals surface area contributed by atoms with Crippen molar-refractivity contribution in [2.45, 2.75) is 25.8 Å². The molecule has 0 spiro atoms. The van der Waals surface area contributed by atoms with Crippen LogP contribution in [0.5, 0.6) is 0 Å². The van der Waals surface area contributed by atoms with Crippen LogP contribution < -0.4 is 11.1 Å². The Balaban J connectivity index is 1.80. The van der Waals surface area contributed by atoms with Gasteiger partial charge in [-0.2, -0.15) is 0 Å². The number of amides is 1. The van der Waals surface area contributed by atoms with Gasteiger partial charge in [0, 0.05) is 24.8 Å². The fraction of sp³-hybridized carbons (Fsp3) is 0.500. The minimum absolute atomic E-state index is 0.0503. The number of carbonyl (C=O) groups excluding carboxylic acids is 1. The Morgan fingerprint density at radius 2 is 1.94 bits per heavy atom. The molecule has 1 aromatic carbocycles. The SMILES string of the molecule is Cc1ccc(NC(=O)CN2CCC(N)CC2)cc1. The quantitative estimate of drug-likeness (QED) is 0.848. The second kappa shape index (κ2) is 5.98. The lowest BCUT2D eigenvalue weighted by Crippen LogP contribution is -2.43. The van der Waals surface area contributed by atoms with Gasteiger partial charge in [0.1, 0.15) is 0 Å². The molecule has 3 N–H and O–H groups in total. The summed E-state index contributed by atoms with van der Waals surface area (Å²) >= 11 is 0. The molecule has 0 bridgehead atoms. The van der Waals surface area contributed by atoms with Gasteiger partial charge in [-0.3, -0.25) is 9.69 Å². The lowest BCUT2D eigenvalue weighted by atomic mass is 10.1. The summed E-state index contributed by atoms with van der Waals surface area (Å²) in [6.07, 6.45) is 1.97. The number of nitrogens with one attached hydrogen (secondary N) is 1. The monoisotopic (exact) mass is 247 g/mol. The van der Waals surface area contributed by atoms with E-state index in [0.717, 1.165) is 31.6 Å². The molecule has 2 rings (SSSR count). The Morgan fingerprint density at radius 3 is 2.56 bits per heavy atom. The highest BCUT2D eigenvalue weighted by Crippen LogP contribution is 2.10. The number of nitrogens with zero attached hydrogens (tertiary/aromatic N) is 1. The van der Waals surface area contributed by atoms with Crippen molar-refractivity contribution in [3.63, 3.8) is 0 Å². The molecule has 1 fully saturated rings. The lowest BCUT2D eigenvalue weighted by Gasteiger charge is -2.29. The molecule has 1 amide bonds. The molecule has 0 aliphatic carbocycles. The van der Waals surface area contributed by atoms with Crippen LogP contribution in [0.15, 0.2) is 24.3 Å². The molecule has 1 aromatic rings. The number of hydrogen-bond acceptors (Lipinski definition) is 3. The van der Waals surface area contributed by atoms with E-state index in [1.807, 2.05) is 31.2 Å². The van der Waals surface area contributed by atoms with Gasteiger partial charge in [0.05, 0.1) is 6.54 Å². The Bertz CT molecular complexity index is 394. The van der Waals surface area contributed by atoms with Crippen molar-refractivity contribution >= 4 is 11.6 Å². The summed E-state index contributed by atoms with van der Waals surface area (Å²) in [5.41, 5.74) is 7.89. The van der Waals surface area contributed by atoms with Crippen LogP contribution in [0.2, 0.25) is 0 Å². The maximum absolute atomic E-state index is 11.9. The summed E-state index contributed by atoms with van der Waals surface area (Å²) in [6, 6.07) is 8.16. The summed E-state index contributed by atoms with van der Waals surface area (Å²) in [7, 11) is 0. The van der Waals surface area contributed by atoms with Gasteiger partial charge in [-0.15, -0.1) is 0 Å². The number of anilines is 1. The second-order valence-corrected chi connectivity index (χ2v) is 5.03. The molecule has 0 atom stereocenters. The molecule has 0 saturated carbocycles. The van der Waals surface area contributed by atoms with Gasteiger partial charge >= 0.3 is 0 Å². The summed E-state index contributed by atoms with van der Waals surface area (Å²) in [6.45, 7) is 4.33.